The first-order valence-electron chi connectivity index (χ1n) is 6.05. The summed E-state index contributed by atoms with van der Waals surface area (Å²) in [5.74, 6) is 0.860. The highest BCUT2D eigenvalue weighted by molar-refractivity contribution is 6.28. The van der Waals surface area contributed by atoms with E-state index in [2.05, 4.69) is 24.8 Å². The summed E-state index contributed by atoms with van der Waals surface area (Å²) in [6.45, 7) is 1.52. The first-order chi connectivity index (χ1) is 8.83. The molecular formula is C11H12ClN5O. The molecule has 2 aromatic rings. The van der Waals surface area contributed by atoms with Gasteiger partial charge >= 0.3 is 0 Å². The molecule has 0 radical (unpaired) electrons. The quantitative estimate of drug-likeness (QED) is 0.789. The van der Waals surface area contributed by atoms with Crippen LogP contribution < -0.4 is 4.90 Å². The molecule has 2 atom stereocenters. The maximum atomic E-state index is 5.98. The molecule has 18 heavy (non-hydrogen) atoms. The minimum atomic E-state index is 0.246. The van der Waals surface area contributed by atoms with Gasteiger partial charge in [0.15, 0.2) is 11.5 Å². The molecule has 0 saturated carbocycles. The molecule has 2 saturated heterocycles. The average molecular weight is 266 g/mol. The maximum Gasteiger partial charge on any atom is 0.226 e. The van der Waals surface area contributed by atoms with Crippen molar-refractivity contribution in [3.63, 3.8) is 0 Å². The van der Waals surface area contributed by atoms with E-state index in [1.165, 1.54) is 0 Å². The number of fused-ring (bicyclic) bond motifs is 3. The highest BCUT2D eigenvalue weighted by Crippen LogP contribution is 2.35. The Labute approximate surface area is 108 Å². The van der Waals surface area contributed by atoms with Gasteiger partial charge < -0.3 is 14.6 Å². The highest BCUT2D eigenvalue weighted by atomic mass is 35.5. The first-order valence-corrected chi connectivity index (χ1v) is 6.43. The van der Waals surface area contributed by atoms with Gasteiger partial charge in [-0.25, -0.2) is 4.98 Å². The van der Waals surface area contributed by atoms with Gasteiger partial charge in [-0.2, -0.15) is 9.97 Å². The molecule has 2 aliphatic heterocycles. The molecule has 94 valence electrons. The second-order valence-electron chi connectivity index (χ2n) is 4.75. The van der Waals surface area contributed by atoms with E-state index in [-0.39, 0.29) is 5.28 Å². The summed E-state index contributed by atoms with van der Waals surface area (Å²) < 4.78 is 5.59. The Morgan fingerprint density at radius 1 is 1.28 bits per heavy atom. The van der Waals surface area contributed by atoms with Gasteiger partial charge in [0, 0.05) is 0 Å². The number of imidazole rings is 1. The first kappa shape index (κ1) is 10.5. The van der Waals surface area contributed by atoms with Crippen LogP contribution in [0.4, 0.5) is 5.82 Å². The summed E-state index contributed by atoms with van der Waals surface area (Å²) in [4.78, 5) is 18.1. The molecule has 4 heterocycles. The van der Waals surface area contributed by atoms with E-state index in [4.69, 9.17) is 16.3 Å². The van der Waals surface area contributed by atoms with E-state index >= 15 is 0 Å². The second-order valence-corrected chi connectivity index (χ2v) is 5.09. The predicted octanol–water partition coefficient (Wildman–Crippen LogP) is 1.37. The lowest BCUT2D eigenvalue weighted by Gasteiger charge is -2.35. The van der Waals surface area contributed by atoms with E-state index in [0.717, 1.165) is 37.4 Å². The lowest BCUT2D eigenvalue weighted by atomic mass is 10.2. The van der Waals surface area contributed by atoms with Gasteiger partial charge in [-0.15, -0.1) is 0 Å². The van der Waals surface area contributed by atoms with Gasteiger partial charge in [0.05, 0.1) is 31.6 Å². The number of nitrogens with zero attached hydrogens (tertiary/aromatic N) is 4. The Bertz CT molecular complexity index is 584. The van der Waals surface area contributed by atoms with Crippen molar-refractivity contribution in [1.29, 1.82) is 0 Å². The smallest absolute Gasteiger partial charge is 0.226 e. The Balaban J connectivity index is 1.89. The third kappa shape index (κ3) is 1.42. The van der Waals surface area contributed by atoms with Crippen LogP contribution in [0.1, 0.15) is 12.8 Å². The molecule has 6 nitrogen and oxygen atoms in total. The van der Waals surface area contributed by atoms with E-state index in [0.29, 0.717) is 17.7 Å². The predicted molar refractivity (Wildman–Crippen MR) is 66.8 cm³/mol. The zero-order valence-electron chi connectivity index (χ0n) is 9.64. The molecule has 4 rings (SSSR count). The van der Waals surface area contributed by atoms with Crippen molar-refractivity contribution in [1.82, 2.24) is 19.9 Å². The number of ether oxygens (including phenoxy) is 1. The summed E-state index contributed by atoms with van der Waals surface area (Å²) in [5, 5.41) is 0.246. The number of halogens is 1. The minimum absolute atomic E-state index is 0.246. The van der Waals surface area contributed by atoms with Crippen molar-refractivity contribution in [3.05, 3.63) is 11.6 Å². The number of anilines is 1. The minimum Gasteiger partial charge on any atom is -0.377 e. The molecular weight excluding hydrogens is 254 g/mol. The van der Waals surface area contributed by atoms with Crippen molar-refractivity contribution in [2.24, 2.45) is 0 Å². The number of aromatic amines is 1. The van der Waals surface area contributed by atoms with E-state index < -0.39 is 0 Å². The molecule has 7 heteroatoms. The fourth-order valence-corrected chi connectivity index (χ4v) is 3.11. The van der Waals surface area contributed by atoms with Gasteiger partial charge in [0.2, 0.25) is 5.28 Å². The SMILES string of the molecule is Clc1nc(N2C3CCC2COC3)c2[nH]cnc2n1. The lowest BCUT2D eigenvalue weighted by Crippen LogP contribution is -2.46. The summed E-state index contributed by atoms with van der Waals surface area (Å²) in [6, 6.07) is 0.780. The lowest BCUT2D eigenvalue weighted by molar-refractivity contribution is 0.0903. The van der Waals surface area contributed by atoms with Crippen molar-refractivity contribution >= 4 is 28.6 Å². The van der Waals surface area contributed by atoms with Crippen molar-refractivity contribution < 1.29 is 4.74 Å². The molecule has 2 unspecified atom stereocenters. The molecule has 0 aromatic carbocycles. The van der Waals surface area contributed by atoms with Crippen LogP contribution in [0.15, 0.2) is 6.33 Å². The number of rotatable bonds is 1. The maximum absolute atomic E-state index is 5.98. The van der Waals surface area contributed by atoms with Crippen LogP contribution >= 0.6 is 11.6 Å². The molecule has 2 aromatic heterocycles. The molecule has 2 aliphatic rings. The van der Waals surface area contributed by atoms with Gasteiger partial charge in [-0.05, 0) is 24.4 Å². The number of morpholine rings is 1. The number of hydrogen-bond acceptors (Lipinski definition) is 5. The zero-order valence-corrected chi connectivity index (χ0v) is 10.4. The third-order valence-electron chi connectivity index (χ3n) is 3.72. The largest absolute Gasteiger partial charge is 0.377 e. The van der Waals surface area contributed by atoms with Gasteiger partial charge in [0.1, 0.15) is 5.52 Å². The van der Waals surface area contributed by atoms with Crippen molar-refractivity contribution in [3.8, 4) is 0 Å². The molecule has 1 N–H and O–H groups in total. The fourth-order valence-electron chi connectivity index (χ4n) is 2.95. The summed E-state index contributed by atoms with van der Waals surface area (Å²) in [7, 11) is 0. The van der Waals surface area contributed by atoms with E-state index in [1.807, 2.05) is 0 Å². The average Bonchev–Trinajstić information content (AvgIpc) is 2.91. The number of aromatic nitrogens is 4. The Kier molecular flexibility index (Phi) is 2.22. The normalized spacial score (nSPS) is 27.1. The monoisotopic (exact) mass is 265 g/mol. The van der Waals surface area contributed by atoms with Gasteiger partial charge in [-0.3, -0.25) is 0 Å². The number of hydrogen-bond donors (Lipinski definition) is 1. The van der Waals surface area contributed by atoms with Crippen LogP contribution in [0.3, 0.4) is 0 Å². The van der Waals surface area contributed by atoms with E-state index in [9.17, 15) is 0 Å². The van der Waals surface area contributed by atoms with Gasteiger partial charge in [0.25, 0.3) is 0 Å². The zero-order chi connectivity index (χ0) is 12.1. The van der Waals surface area contributed by atoms with Crippen LogP contribution in [0, 0.1) is 0 Å². The fraction of sp³-hybridized carbons (Fsp3) is 0.545. The number of H-pyrrole nitrogens is 1. The van der Waals surface area contributed by atoms with Crippen LogP contribution in [-0.4, -0.2) is 45.2 Å². The Hall–Kier alpha value is -1.40. The van der Waals surface area contributed by atoms with Gasteiger partial charge in [-0.1, -0.05) is 0 Å². The van der Waals surface area contributed by atoms with Crippen molar-refractivity contribution in [2.45, 2.75) is 24.9 Å². The molecule has 0 amide bonds. The molecule has 0 aliphatic carbocycles. The second kappa shape index (κ2) is 3.80. The molecule has 0 spiro atoms. The van der Waals surface area contributed by atoms with Crippen LogP contribution in [-0.2, 0) is 4.74 Å². The molecule has 2 fully saturated rings. The summed E-state index contributed by atoms with van der Waals surface area (Å²) in [6.07, 6.45) is 3.91. The van der Waals surface area contributed by atoms with E-state index in [1.54, 1.807) is 6.33 Å². The third-order valence-corrected chi connectivity index (χ3v) is 3.89. The molecule has 2 bridgehead atoms. The van der Waals surface area contributed by atoms with Crippen molar-refractivity contribution in [2.75, 3.05) is 18.1 Å². The topological polar surface area (TPSA) is 66.9 Å². The van der Waals surface area contributed by atoms with Crippen LogP contribution in [0.25, 0.3) is 11.2 Å². The summed E-state index contributed by atoms with van der Waals surface area (Å²) >= 11 is 5.98. The highest BCUT2D eigenvalue weighted by Gasteiger charge is 2.39. The standard InChI is InChI=1S/C11H12ClN5O/c12-11-15-9-8(13-5-14-9)10(16-11)17-6-1-2-7(17)4-18-3-6/h5-7H,1-4H2,(H,13,14,15,16). The Morgan fingerprint density at radius 3 is 2.83 bits per heavy atom. The van der Waals surface area contributed by atoms with Crippen LogP contribution in [0.2, 0.25) is 5.28 Å². The number of nitrogens with one attached hydrogen (secondary N) is 1. The summed E-state index contributed by atoms with van der Waals surface area (Å²) in [5.41, 5.74) is 1.48. The Morgan fingerprint density at radius 2 is 2.06 bits per heavy atom. The van der Waals surface area contributed by atoms with Crippen LogP contribution in [0.5, 0.6) is 0 Å².